The molecule has 0 atom stereocenters. The Morgan fingerprint density at radius 1 is 1.20 bits per heavy atom. The van der Waals surface area contributed by atoms with Gasteiger partial charge in [0.1, 0.15) is 5.75 Å². The van der Waals surface area contributed by atoms with E-state index in [0.717, 1.165) is 12.0 Å². The molecule has 0 fully saturated rings. The molecule has 3 N–H and O–H groups in total. The second kappa shape index (κ2) is 5.96. The van der Waals surface area contributed by atoms with Crippen molar-refractivity contribution in [3.8, 4) is 5.75 Å². The molecule has 0 saturated carbocycles. The summed E-state index contributed by atoms with van der Waals surface area (Å²) >= 11 is 0. The fourth-order valence-electron chi connectivity index (χ4n) is 2.87. The Morgan fingerprint density at radius 2 is 1.80 bits per heavy atom. The first kappa shape index (κ1) is 16.7. The number of aromatic hydroxyl groups is 1. The fourth-order valence-corrected chi connectivity index (χ4v) is 2.87. The number of ketones is 1. The van der Waals surface area contributed by atoms with Crippen molar-refractivity contribution in [1.29, 1.82) is 0 Å². The first-order valence-corrected chi connectivity index (χ1v) is 7.13. The zero-order valence-electron chi connectivity index (χ0n) is 13.3. The highest BCUT2D eigenvalue weighted by molar-refractivity contribution is 5.98. The minimum atomic E-state index is -0.0987. The summed E-state index contributed by atoms with van der Waals surface area (Å²) in [6, 6.07) is 5.34. The zero-order chi connectivity index (χ0) is 15.6. The fraction of sp³-hybridized carbons (Fsp3) is 0.588. The van der Waals surface area contributed by atoms with E-state index < -0.39 is 0 Å². The molecule has 0 aromatic heterocycles. The second-order valence-corrected chi connectivity index (χ2v) is 7.32. The number of phenolic OH excluding ortho intramolecular Hbond substituents is 1. The summed E-state index contributed by atoms with van der Waals surface area (Å²) in [6.07, 6.45) is 1.26. The van der Waals surface area contributed by atoms with Crippen LogP contribution in [0, 0.1) is 5.41 Å². The monoisotopic (exact) mass is 277 g/mol. The number of carbonyl (C=O) groups is 1. The van der Waals surface area contributed by atoms with E-state index >= 15 is 0 Å². The van der Waals surface area contributed by atoms with Crippen LogP contribution in [0.3, 0.4) is 0 Å². The van der Waals surface area contributed by atoms with Crippen LogP contribution in [-0.2, 0) is 5.41 Å². The van der Waals surface area contributed by atoms with Gasteiger partial charge in [0.05, 0.1) is 5.56 Å². The normalized spacial score (nSPS) is 12.5. The molecule has 0 spiro atoms. The third-order valence-corrected chi connectivity index (χ3v) is 3.42. The van der Waals surface area contributed by atoms with Crippen LogP contribution in [0.15, 0.2) is 18.2 Å². The SMILES string of the molecule is CC(C)(C)CC(C)(C)c1ccc(O)c(C(=O)CCN)c1. The number of hydrogen-bond donors (Lipinski definition) is 2. The van der Waals surface area contributed by atoms with Crippen molar-refractivity contribution in [3.63, 3.8) is 0 Å². The molecule has 0 bridgehead atoms. The first-order valence-electron chi connectivity index (χ1n) is 7.13. The molecule has 0 saturated heterocycles. The van der Waals surface area contributed by atoms with Crippen LogP contribution in [0.5, 0.6) is 5.75 Å². The van der Waals surface area contributed by atoms with Crippen LogP contribution in [0.1, 0.15) is 63.4 Å². The standard InChI is InChI=1S/C17H27NO2/c1-16(2,3)11-17(4,5)12-6-7-14(19)13(10-12)15(20)8-9-18/h6-7,10,19H,8-9,11,18H2,1-5H3. The Balaban J connectivity index is 3.14. The summed E-state index contributed by atoms with van der Waals surface area (Å²) in [6.45, 7) is 11.2. The van der Waals surface area contributed by atoms with Crippen LogP contribution in [-0.4, -0.2) is 17.4 Å². The molecule has 0 amide bonds. The molecule has 0 radical (unpaired) electrons. The van der Waals surface area contributed by atoms with Crippen molar-refractivity contribution in [3.05, 3.63) is 29.3 Å². The third kappa shape index (κ3) is 4.34. The predicted molar refractivity (Wildman–Crippen MR) is 83.2 cm³/mol. The average molecular weight is 277 g/mol. The van der Waals surface area contributed by atoms with Gasteiger partial charge in [0.2, 0.25) is 0 Å². The molecule has 0 unspecified atom stereocenters. The Bertz CT molecular complexity index is 484. The Morgan fingerprint density at radius 3 is 2.30 bits per heavy atom. The van der Waals surface area contributed by atoms with Crippen molar-refractivity contribution in [1.82, 2.24) is 0 Å². The number of rotatable bonds is 5. The van der Waals surface area contributed by atoms with E-state index in [9.17, 15) is 9.90 Å². The Labute approximate surface area is 122 Å². The zero-order valence-corrected chi connectivity index (χ0v) is 13.3. The minimum Gasteiger partial charge on any atom is -0.507 e. The number of nitrogens with two attached hydrogens (primary N) is 1. The van der Waals surface area contributed by atoms with Crippen LogP contribution in [0.25, 0.3) is 0 Å². The number of carbonyl (C=O) groups excluding carboxylic acids is 1. The van der Waals surface area contributed by atoms with Gasteiger partial charge in [0.15, 0.2) is 5.78 Å². The maximum absolute atomic E-state index is 12.0. The van der Waals surface area contributed by atoms with E-state index in [1.165, 1.54) is 0 Å². The van der Waals surface area contributed by atoms with Crippen LogP contribution >= 0.6 is 0 Å². The highest BCUT2D eigenvalue weighted by Gasteiger charge is 2.28. The summed E-state index contributed by atoms with van der Waals surface area (Å²) in [5.74, 6) is -0.0582. The van der Waals surface area contributed by atoms with Crippen LogP contribution in [0.4, 0.5) is 0 Å². The summed E-state index contributed by atoms with van der Waals surface area (Å²) in [7, 11) is 0. The lowest BCUT2D eigenvalue weighted by Gasteiger charge is -2.33. The molecule has 20 heavy (non-hydrogen) atoms. The second-order valence-electron chi connectivity index (χ2n) is 7.32. The van der Waals surface area contributed by atoms with Gasteiger partial charge in [-0.05, 0) is 41.5 Å². The number of benzene rings is 1. The van der Waals surface area contributed by atoms with Gasteiger partial charge in [0, 0.05) is 6.42 Å². The predicted octanol–water partition coefficient (Wildman–Crippen LogP) is 3.64. The van der Waals surface area contributed by atoms with Crippen molar-refractivity contribution < 1.29 is 9.90 Å². The quantitative estimate of drug-likeness (QED) is 0.808. The molecule has 0 aliphatic heterocycles. The minimum absolute atomic E-state index is 0.0405. The number of hydrogen-bond acceptors (Lipinski definition) is 3. The molecule has 0 aliphatic rings. The molecule has 1 rings (SSSR count). The molecule has 112 valence electrons. The van der Waals surface area contributed by atoms with Crippen LogP contribution in [0.2, 0.25) is 0 Å². The molecule has 0 aliphatic carbocycles. The molecule has 3 heteroatoms. The summed E-state index contributed by atoms with van der Waals surface area (Å²) < 4.78 is 0. The van der Waals surface area contributed by atoms with Gasteiger partial charge in [-0.1, -0.05) is 40.7 Å². The Kier molecular flexibility index (Phi) is 4.98. The van der Waals surface area contributed by atoms with E-state index in [0.29, 0.717) is 12.1 Å². The van der Waals surface area contributed by atoms with Gasteiger partial charge in [0.25, 0.3) is 0 Å². The van der Waals surface area contributed by atoms with Gasteiger partial charge in [-0.3, -0.25) is 4.79 Å². The molecule has 1 aromatic rings. The van der Waals surface area contributed by atoms with E-state index in [4.69, 9.17) is 5.73 Å². The Hall–Kier alpha value is -1.35. The first-order chi connectivity index (χ1) is 9.07. The molecule has 1 aromatic carbocycles. The summed E-state index contributed by atoms with van der Waals surface area (Å²) in [5.41, 5.74) is 7.03. The lowest BCUT2D eigenvalue weighted by Crippen LogP contribution is -2.25. The van der Waals surface area contributed by atoms with E-state index in [1.54, 1.807) is 6.07 Å². The van der Waals surface area contributed by atoms with Crippen molar-refractivity contribution >= 4 is 5.78 Å². The van der Waals surface area contributed by atoms with Crippen molar-refractivity contribution in [2.45, 2.75) is 52.9 Å². The van der Waals surface area contributed by atoms with E-state index in [2.05, 4.69) is 34.6 Å². The maximum atomic E-state index is 12.0. The van der Waals surface area contributed by atoms with Crippen molar-refractivity contribution in [2.24, 2.45) is 11.1 Å². The largest absolute Gasteiger partial charge is 0.507 e. The highest BCUT2D eigenvalue weighted by Crippen LogP contribution is 2.37. The van der Waals surface area contributed by atoms with Gasteiger partial charge in [-0.25, -0.2) is 0 Å². The van der Waals surface area contributed by atoms with E-state index in [1.807, 2.05) is 12.1 Å². The van der Waals surface area contributed by atoms with Gasteiger partial charge >= 0.3 is 0 Å². The van der Waals surface area contributed by atoms with Gasteiger partial charge < -0.3 is 10.8 Å². The smallest absolute Gasteiger partial charge is 0.167 e. The highest BCUT2D eigenvalue weighted by atomic mass is 16.3. The topological polar surface area (TPSA) is 63.3 Å². The lowest BCUT2D eigenvalue weighted by molar-refractivity contribution is 0.0982. The molecular formula is C17H27NO2. The summed E-state index contributed by atoms with van der Waals surface area (Å²) in [4.78, 5) is 12.0. The van der Waals surface area contributed by atoms with Gasteiger partial charge in [-0.2, -0.15) is 0 Å². The van der Waals surface area contributed by atoms with Gasteiger partial charge in [-0.15, -0.1) is 0 Å². The molecule has 3 nitrogen and oxygen atoms in total. The molecular weight excluding hydrogens is 250 g/mol. The lowest BCUT2D eigenvalue weighted by atomic mass is 9.72. The molecule has 0 heterocycles. The third-order valence-electron chi connectivity index (χ3n) is 3.42. The number of Topliss-reactive ketones (excluding diaryl/α,β-unsaturated/α-hetero) is 1. The average Bonchev–Trinajstić information content (AvgIpc) is 2.26. The van der Waals surface area contributed by atoms with Crippen molar-refractivity contribution in [2.75, 3.05) is 6.54 Å². The number of phenols is 1. The maximum Gasteiger partial charge on any atom is 0.167 e. The summed E-state index contributed by atoms with van der Waals surface area (Å²) in [5, 5.41) is 9.87. The van der Waals surface area contributed by atoms with E-state index in [-0.39, 0.29) is 28.8 Å². The van der Waals surface area contributed by atoms with Crippen LogP contribution < -0.4 is 5.73 Å².